The first-order valence-electron chi connectivity index (χ1n) is 7.85. The molecular formula is C19H20ClN3O. The average molecular weight is 342 g/mol. The van der Waals surface area contributed by atoms with Crippen molar-refractivity contribution in [3.63, 3.8) is 0 Å². The van der Waals surface area contributed by atoms with Crippen molar-refractivity contribution in [2.75, 3.05) is 11.9 Å². The topological polar surface area (TPSA) is 47.0 Å². The maximum absolute atomic E-state index is 6.16. The molecular weight excluding hydrogens is 322 g/mol. The summed E-state index contributed by atoms with van der Waals surface area (Å²) in [6.45, 7) is 6.70. The van der Waals surface area contributed by atoms with E-state index in [2.05, 4.69) is 15.3 Å². The number of hydrogen-bond donors (Lipinski definition) is 1. The smallest absolute Gasteiger partial charge is 0.224 e. The van der Waals surface area contributed by atoms with Gasteiger partial charge in [-0.25, -0.2) is 9.97 Å². The molecule has 0 fully saturated rings. The fourth-order valence-corrected chi connectivity index (χ4v) is 2.66. The van der Waals surface area contributed by atoms with Gasteiger partial charge in [-0.2, -0.15) is 0 Å². The molecule has 0 bridgehead atoms. The Bertz CT molecular complexity index is 864. The molecule has 2 aromatic carbocycles. The highest BCUT2D eigenvalue weighted by Gasteiger charge is 2.21. The Balaban J connectivity index is 1.79. The molecule has 0 aliphatic rings. The first-order chi connectivity index (χ1) is 11.4. The van der Waals surface area contributed by atoms with Crippen molar-refractivity contribution in [1.82, 2.24) is 9.97 Å². The summed E-state index contributed by atoms with van der Waals surface area (Å²) in [5.74, 6) is 1.60. The number of aryl methyl sites for hydroxylation is 1. The van der Waals surface area contributed by atoms with Crippen LogP contribution in [0.5, 0.6) is 5.75 Å². The lowest BCUT2D eigenvalue weighted by molar-refractivity contribution is 0.122. The van der Waals surface area contributed by atoms with E-state index in [-0.39, 0.29) is 5.28 Å². The van der Waals surface area contributed by atoms with Crippen LogP contribution in [0, 0.1) is 6.92 Å². The minimum absolute atomic E-state index is 0.230. The van der Waals surface area contributed by atoms with Crippen LogP contribution in [-0.4, -0.2) is 22.1 Å². The van der Waals surface area contributed by atoms with Crippen LogP contribution in [0.3, 0.4) is 0 Å². The Morgan fingerprint density at radius 1 is 1.04 bits per heavy atom. The molecule has 4 nitrogen and oxygen atoms in total. The summed E-state index contributed by atoms with van der Waals surface area (Å²) in [5.41, 5.74) is 1.52. The molecule has 0 saturated carbocycles. The Hall–Kier alpha value is -2.33. The number of ether oxygens (including phenoxy) is 1. The van der Waals surface area contributed by atoms with Gasteiger partial charge in [-0.3, -0.25) is 0 Å². The minimum atomic E-state index is -0.412. The second-order valence-corrected chi connectivity index (χ2v) is 6.68. The van der Waals surface area contributed by atoms with Gasteiger partial charge in [-0.15, -0.1) is 0 Å². The predicted octanol–water partition coefficient (Wildman–Crippen LogP) is 4.86. The van der Waals surface area contributed by atoms with Gasteiger partial charge in [0.15, 0.2) is 0 Å². The molecule has 0 radical (unpaired) electrons. The molecule has 124 valence electrons. The van der Waals surface area contributed by atoms with Crippen LogP contribution in [0.25, 0.3) is 10.9 Å². The minimum Gasteiger partial charge on any atom is -0.486 e. The zero-order valence-corrected chi connectivity index (χ0v) is 14.8. The van der Waals surface area contributed by atoms with Crippen molar-refractivity contribution in [2.24, 2.45) is 0 Å². The quantitative estimate of drug-likeness (QED) is 0.673. The van der Waals surface area contributed by atoms with Crippen molar-refractivity contribution in [2.45, 2.75) is 26.4 Å². The zero-order chi connectivity index (χ0) is 17.2. The Morgan fingerprint density at radius 2 is 1.75 bits per heavy atom. The number of rotatable bonds is 5. The van der Waals surface area contributed by atoms with Gasteiger partial charge >= 0.3 is 0 Å². The first-order valence-corrected chi connectivity index (χ1v) is 8.23. The number of hydrogen-bond acceptors (Lipinski definition) is 4. The number of aromatic nitrogens is 2. The molecule has 0 atom stereocenters. The molecule has 5 heteroatoms. The van der Waals surface area contributed by atoms with Crippen molar-refractivity contribution in [3.05, 3.63) is 59.4 Å². The van der Waals surface area contributed by atoms with Crippen molar-refractivity contribution in [3.8, 4) is 5.75 Å². The van der Waals surface area contributed by atoms with Gasteiger partial charge in [0.25, 0.3) is 0 Å². The summed E-state index contributed by atoms with van der Waals surface area (Å²) in [4.78, 5) is 8.56. The molecule has 0 aliphatic carbocycles. The summed E-state index contributed by atoms with van der Waals surface area (Å²) in [5, 5.41) is 4.52. The van der Waals surface area contributed by atoms with Gasteiger partial charge in [0.2, 0.25) is 5.28 Å². The van der Waals surface area contributed by atoms with Crippen LogP contribution >= 0.6 is 11.6 Å². The number of para-hydroxylation sites is 2. The molecule has 1 N–H and O–H groups in total. The second-order valence-electron chi connectivity index (χ2n) is 6.34. The number of anilines is 1. The number of fused-ring (bicyclic) bond motifs is 1. The third kappa shape index (κ3) is 3.77. The predicted molar refractivity (Wildman–Crippen MR) is 98.9 cm³/mol. The maximum atomic E-state index is 6.16. The third-order valence-corrected chi connectivity index (χ3v) is 3.91. The van der Waals surface area contributed by atoms with Crippen LogP contribution < -0.4 is 10.1 Å². The molecule has 0 amide bonds. The number of halogens is 1. The van der Waals surface area contributed by atoms with E-state index < -0.39 is 5.60 Å². The van der Waals surface area contributed by atoms with E-state index in [4.69, 9.17) is 16.3 Å². The summed E-state index contributed by atoms with van der Waals surface area (Å²) in [6, 6.07) is 15.8. The van der Waals surface area contributed by atoms with Gasteiger partial charge in [0.1, 0.15) is 17.2 Å². The zero-order valence-electron chi connectivity index (χ0n) is 14.0. The van der Waals surface area contributed by atoms with Crippen molar-refractivity contribution < 1.29 is 4.74 Å². The first kappa shape index (κ1) is 16.5. The highest BCUT2D eigenvalue weighted by molar-refractivity contribution is 6.28. The fourth-order valence-electron chi connectivity index (χ4n) is 2.48. The highest BCUT2D eigenvalue weighted by Crippen LogP contribution is 2.25. The number of nitrogens with zero attached hydrogens (tertiary/aromatic N) is 2. The van der Waals surface area contributed by atoms with E-state index >= 15 is 0 Å². The lowest BCUT2D eigenvalue weighted by Gasteiger charge is -2.28. The SMILES string of the molecule is Cc1ccccc1OC(C)(C)CNc1nc(Cl)nc2ccccc12. The van der Waals surface area contributed by atoms with Gasteiger partial charge in [-0.05, 0) is 56.1 Å². The van der Waals surface area contributed by atoms with Gasteiger partial charge in [-0.1, -0.05) is 30.3 Å². The Morgan fingerprint density at radius 3 is 2.54 bits per heavy atom. The van der Waals surface area contributed by atoms with Crippen LogP contribution in [0.15, 0.2) is 48.5 Å². The summed E-state index contributed by atoms with van der Waals surface area (Å²) in [6.07, 6.45) is 0. The third-order valence-electron chi connectivity index (χ3n) is 3.74. The molecule has 3 aromatic rings. The molecule has 0 spiro atoms. The average Bonchev–Trinajstić information content (AvgIpc) is 2.54. The van der Waals surface area contributed by atoms with Gasteiger partial charge in [0, 0.05) is 5.39 Å². The summed E-state index contributed by atoms with van der Waals surface area (Å²) in [7, 11) is 0. The fraction of sp³-hybridized carbons (Fsp3) is 0.263. The van der Waals surface area contributed by atoms with Crippen LogP contribution in [0.4, 0.5) is 5.82 Å². The molecule has 0 aliphatic heterocycles. The van der Waals surface area contributed by atoms with E-state index in [1.54, 1.807) is 0 Å². The standard InChI is InChI=1S/C19H20ClN3O/c1-13-8-4-7-11-16(13)24-19(2,3)12-21-17-14-9-5-6-10-15(14)22-18(20)23-17/h4-11H,12H2,1-3H3,(H,21,22,23). The second kappa shape index (κ2) is 6.65. The van der Waals surface area contributed by atoms with Gasteiger partial charge < -0.3 is 10.1 Å². The van der Waals surface area contributed by atoms with E-state index in [1.807, 2.05) is 69.3 Å². The monoisotopic (exact) mass is 341 g/mol. The van der Waals surface area contributed by atoms with Crippen molar-refractivity contribution in [1.29, 1.82) is 0 Å². The van der Waals surface area contributed by atoms with E-state index in [9.17, 15) is 0 Å². The lowest BCUT2D eigenvalue weighted by Crippen LogP contribution is -2.37. The van der Waals surface area contributed by atoms with Crippen LogP contribution in [0.2, 0.25) is 5.28 Å². The van der Waals surface area contributed by atoms with E-state index in [1.165, 1.54) is 0 Å². The summed E-state index contributed by atoms with van der Waals surface area (Å²) >= 11 is 6.03. The molecule has 1 heterocycles. The molecule has 24 heavy (non-hydrogen) atoms. The van der Waals surface area contributed by atoms with Crippen LogP contribution in [-0.2, 0) is 0 Å². The highest BCUT2D eigenvalue weighted by atomic mass is 35.5. The van der Waals surface area contributed by atoms with E-state index in [0.717, 1.165) is 22.2 Å². The van der Waals surface area contributed by atoms with Crippen molar-refractivity contribution >= 4 is 28.3 Å². The Labute approximate surface area is 146 Å². The maximum Gasteiger partial charge on any atom is 0.224 e. The summed E-state index contributed by atoms with van der Waals surface area (Å²) < 4.78 is 6.16. The number of nitrogens with one attached hydrogen (secondary N) is 1. The molecule has 3 rings (SSSR count). The number of benzene rings is 2. The van der Waals surface area contributed by atoms with E-state index in [0.29, 0.717) is 12.4 Å². The molecule has 0 saturated heterocycles. The molecule has 1 aromatic heterocycles. The largest absolute Gasteiger partial charge is 0.486 e. The molecule has 0 unspecified atom stereocenters. The van der Waals surface area contributed by atoms with Crippen LogP contribution in [0.1, 0.15) is 19.4 Å². The Kier molecular flexibility index (Phi) is 4.58. The lowest BCUT2D eigenvalue weighted by atomic mass is 10.1. The normalized spacial score (nSPS) is 11.5. The van der Waals surface area contributed by atoms with Gasteiger partial charge in [0.05, 0.1) is 12.1 Å².